The summed E-state index contributed by atoms with van der Waals surface area (Å²) >= 11 is 0. The van der Waals surface area contributed by atoms with Gasteiger partial charge in [0, 0.05) is 25.8 Å². The van der Waals surface area contributed by atoms with Gasteiger partial charge >= 0.3 is 0 Å². The van der Waals surface area contributed by atoms with Crippen LogP contribution in [0.3, 0.4) is 0 Å². The Hall–Kier alpha value is -0.160. The van der Waals surface area contributed by atoms with Crippen LogP contribution in [0.4, 0.5) is 0 Å². The van der Waals surface area contributed by atoms with Gasteiger partial charge in [-0.15, -0.1) is 0 Å². The molecule has 0 spiro atoms. The summed E-state index contributed by atoms with van der Waals surface area (Å²) in [7, 11) is 0. The maximum atomic E-state index is 8.58. The van der Waals surface area contributed by atoms with E-state index >= 15 is 0 Å². The number of nitrogens with one attached hydrogen (secondary N) is 1. The van der Waals surface area contributed by atoms with Crippen molar-refractivity contribution in [2.45, 2.75) is 18.6 Å². The van der Waals surface area contributed by atoms with Crippen LogP contribution >= 0.6 is 0 Å². The molecular weight excluding hydrogens is 156 g/mol. The van der Waals surface area contributed by atoms with Crippen molar-refractivity contribution in [3.8, 4) is 0 Å². The second-order valence-electron chi connectivity index (χ2n) is 3.49. The highest BCUT2D eigenvalue weighted by Crippen LogP contribution is 2.21. The van der Waals surface area contributed by atoms with Crippen molar-refractivity contribution in [2.24, 2.45) is 0 Å². The summed E-state index contributed by atoms with van der Waals surface area (Å²) < 4.78 is 5.47. The maximum absolute atomic E-state index is 8.58. The van der Waals surface area contributed by atoms with Gasteiger partial charge in [-0.2, -0.15) is 0 Å². The Morgan fingerprint density at radius 2 is 2.50 bits per heavy atom. The van der Waals surface area contributed by atoms with Gasteiger partial charge in [0.1, 0.15) is 0 Å². The molecule has 2 rings (SSSR count). The minimum atomic E-state index is 0.138. The van der Waals surface area contributed by atoms with Crippen molar-refractivity contribution < 1.29 is 9.84 Å². The average molecular weight is 172 g/mol. The molecule has 0 amide bonds. The molecule has 2 saturated heterocycles. The largest absolute Gasteiger partial charge is 0.394 e. The van der Waals surface area contributed by atoms with Crippen molar-refractivity contribution in [3.63, 3.8) is 0 Å². The number of fused-ring (bicyclic) bond motifs is 1. The number of nitrogens with zero attached hydrogens (tertiary/aromatic N) is 1. The standard InChI is InChI=1S/C8H16N2O2/c11-1-2-12-8-3-7-4-9-6-10(7)5-8/h7-9,11H,1-6H2/t7-,8+/m0/s1. The molecule has 0 saturated carbocycles. The van der Waals surface area contributed by atoms with Crippen LogP contribution in [0, 0.1) is 0 Å². The van der Waals surface area contributed by atoms with Gasteiger partial charge in [0.2, 0.25) is 0 Å². The lowest BCUT2D eigenvalue weighted by Crippen LogP contribution is -2.26. The Kier molecular flexibility index (Phi) is 2.60. The van der Waals surface area contributed by atoms with E-state index in [1.165, 1.54) is 0 Å². The lowest BCUT2D eigenvalue weighted by Gasteiger charge is -2.12. The lowest BCUT2D eigenvalue weighted by molar-refractivity contribution is 0.0333. The summed E-state index contributed by atoms with van der Waals surface area (Å²) in [5, 5.41) is 11.9. The van der Waals surface area contributed by atoms with Crippen LogP contribution in [-0.2, 0) is 4.74 Å². The predicted octanol–water partition coefficient (Wildman–Crippen LogP) is -1.00. The molecule has 0 aliphatic carbocycles. The Bertz CT molecular complexity index is 142. The Morgan fingerprint density at radius 3 is 3.25 bits per heavy atom. The monoisotopic (exact) mass is 172 g/mol. The fourth-order valence-corrected chi connectivity index (χ4v) is 2.06. The van der Waals surface area contributed by atoms with Gasteiger partial charge in [0.25, 0.3) is 0 Å². The third-order valence-electron chi connectivity index (χ3n) is 2.63. The Balaban J connectivity index is 1.75. The highest BCUT2D eigenvalue weighted by molar-refractivity contribution is 4.90. The van der Waals surface area contributed by atoms with Crippen LogP contribution in [-0.4, -0.2) is 55.1 Å². The molecule has 2 aliphatic rings. The number of aliphatic hydroxyl groups is 1. The summed E-state index contributed by atoms with van der Waals surface area (Å²) in [5.74, 6) is 0. The van der Waals surface area contributed by atoms with Gasteiger partial charge in [-0.25, -0.2) is 0 Å². The molecule has 2 N–H and O–H groups in total. The van der Waals surface area contributed by atoms with E-state index in [2.05, 4.69) is 10.2 Å². The number of hydrogen-bond acceptors (Lipinski definition) is 4. The molecule has 70 valence electrons. The van der Waals surface area contributed by atoms with Crippen molar-refractivity contribution in [2.75, 3.05) is 33.0 Å². The van der Waals surface area contributed by atoms with Gasteiger partial charge < -0.3 is 15.2 Å². The molecule has 0 aromatic rings. The summed E-state index contributed by atoms with van der Waals surface area (Å²) in [4.78, 5) is 2.40. The van der Waals surface area contributed by atoms with Gasteiger partial charge in [-0.3, -0.25) is 4.90 Å². The molecule has 0 radical (unpaired) electrons. The van der Waals surface area contributed by atoms with Crippen LogP contribution in [0.25, 0.3) is 0 Å². The van der Waals surface area contributed by atoms with Gasteiger partial charge in [-0.05, 0) is 6.42 Å². The van der Waals surface area contributed by atoms with E-state index in [-0.39, 0.29) is 6.61 Å². The van der Waals surface area contributed by atoms with Crippen molar-refractivity contribution in [3.05, 3.63) is 0 Å². The molecule has 4 nitrogen and oxygen atoms in total. The summed E-state index contributed by atoms with van der Waals surface area (Å²) in [6.07, 6.45) is 1.47. The normalized spacial score (nSPS) is 35.8. The van der Waals surface area contributed by atoms with E-state index in [1.54, 1.807) is 0 Å². The van der Waals surface area contributed by atoms with Gasteiger partial charge in [0.15, 0.2) is 0 Å². The number of rotatable bonds is 3. The third kappa shape index (κ3) is 1.61. The maximum Gasteiger partial charge on any atom is 0.0719 e. The summed E-state index contributed by atoms with van der Waals surface area (Å²) in [5.41, 5.74) is 0. The van der Waals surface area contributed by atoms with Crippen LogP contribution < -0.4 is 5.32 Å². The molecule has 12 heavy (non-hydrogen) atoms. The molecule has 2 atom stereocenters. The first kappa shape index (κ1) is 8.44. The first-order chi connectivity index (χ1) is 5.90. The van der Waals surface area contributed by atoms with Gasteiger partial charge in [0.05, 0.1) is 19.3 Å². The zero-order valence-corrected chi connectivity index (χ0v) is 7.20. The third-order valence-corrected chi connectivity index (χ3v) is 2.63. The molecule has 0 bridgehead atoms. The molecule has 2 heterocycles. The summed E-state index contributed by atoms with van der Waals surface area (Å²) in [6.45, 7) is 3.75. The first-order valence-electron chi connectivity index (χ1n) is 4.57. The number of ether oxygens (including phenoxy) is 1. The highest BCUT2D eigenvalue weighted by atomic mass is 16.5. The van der Waals surface area contributed by atoms with E-state index in [0.717, 1.165) is 26.2 Å². The average Bonchev–Trinajstić information content (AvgIpc) is 2.58. The molecule has 2 fully saturated rings. The van der Waals surface area contributed by atoms with Crippen molar-refractivity contribution in [1.82, 2.24) is 10.2 Å². The fourth-order valence-electron chi connectivity index (χ4n) is 2.06. The predicted molar refractivity (Wildman–Crippen MR) is 44.8 cm³/mol. The Labute approximate surface area is 72.5 Å². The minimum absolute atomic E-state index is 0.138. The van der Waals surface area contributed by atoms with Crippen LogP contribution in [0.15, 0.2) is 0 Å². The minimum Gasteiger partial charge on any atom is -0.394 e. The molecule has 0 aromatic heterocycles. The Morgan fingerprint density at radius 1 is 1.58 bits per heavy atom. The highest BCUT2D eigenvalue weighted by Gasteiger charge is 2.35. The van der Waals surface area contributed by atoms with E-state index in [1.807, 2.05) is 0 Å². The quantitative estimate of drug-likeness (QED) is 0.573. The molecule has 0 unspecified atom stereocenters. The zero-order valence-electron chi connectivity index (χ0n) is 7.20. The van der Waals surface area contributed by atoms with E-state index < -0.39 is 0 Å². The lowest BCUT2D eigenvalue weighted by atomic mass is 10.2. The fraction of sp³-hybridized carbons (Fsp3) is 1.00. The van der Waals surface area contributed by atoms with E-state index in [4.69, 9.17) is 9.84 Å². The topological polar surface area (TPSA) is 44.7 Å². The van der Waals surface area contributed by atoms with E-state index in [9.17, 15) is 0 Å². The molecule has 0 aromatic carbocycles. The SMILES string of the molecule is OCCO[C@@H]1C[C@H]2CNCN2C1. The van der Waals surface area contributed by atoms with Crippen LogP contribution in [0.1, 0.15) is 6.42 Å². The zero-order chi connectivity index (χ0) is 8.39. The van der Waals surface area contributed by atoms with Gasteiger partial charge in [-0.1, -0.05) is 0 Å². The van der Waals surface area contributed by atoms with Crippen molar-refractivity contribution in [1.29, 1.82) is 0 Å². The van der Waals surface area contributed by atoms with Crippen LogP contribution in [0.5, 0.6) is 0 Å². The summed E-state index contributed by atoms with van der Waals surface area (Å²) in [6, 6.07) is 0.675. The first-order valence-corrected chi connectivity index (χ1v) is 4.57. The number of hydrogen-bond donors (Lipinski definition) is 2. The molecule has 2 aliphatic heterocycles. The smallest absolute Gasteiger partial charge is 0.0719 e. The van der Waals surface area contributed by atoms with Crippen molar-refractivity contribution >= 4 is 0 Å². The number of aliphatic hydroxyl groups excluding tert-OH is 1. The van der Waals surface area contributed by atoms with Crippen LogP contribution in [0.2, 0.25) is 0 Å². The second-order valence-corrected chi connectivity index (χ2v) is 3.49. The second kappa shape index (κ2) is 3.70. The molecular formula is C8H16N2O2. The molecule has 4 heteroatoms. The van der Waals surface area contributed by atoms with E-state index in [0.29, 0.717) is 18.8 Å².